The minimum Gasteiger partial charge on any atom is -0.355 e. The Balaban J connectivity index is 1.63. The van der Waals surface area contributed by atoms with Gasteiger partial charge in [0, 0.05) is 11.4 Å². The Labute approximate surface area is 132 Å². The van der Waals surface area contributed by atoms with Gasteiger partial charge < -0.3 is 10.2 Å². The van der Waals surface area contributed by atoms with Crippen LogP contribution in [0.3, 0.4) is 0 Å². The average Bonchev–Trinajstić information content (AvgIpc) is 2.99. The summed E-state index contributed by atoms with van der Waals surface area (Å²) in [6.45, 7) is 8.40. The van der Waals surface area contributed by atoms with E-state index in [1.165, 1.54) is 31.5 Å². The third-order valence-electron chi connectivity index (χ3n) is 3.85. The van der Waals surface area contributed by atoms with Crippen LogP contribution in [0.1, 0.15) is 31.7 Å². The van der Waals surface area contributed by atoms with Gasteiger partial charge in [0.2, 0.25) is 5.91 Å². The first-order valence-electron chi connectivity index (χ1n) is 7.88. The largest absolute Gasteiger partial charge is 0.355 e. The van der Waals surface area contributed by atoms with Crippen LogP contribution in [0.15, 0.2) is 29.2 Å². The molecule has 3 nitrogen and oxygen atoms in total. The van der Waals surface area contributed by atoms with Crippen LogP contribution in [0.2, 0.25) is 0 Å². The highest BCUT2D eigenvalue weighted by molar-refractivity contribution is 8.00. The Morgan fingerprint density at radius 3 is 2.62 bits per heavy atom. The molecule has 1 heterocycles. The molecule has 0 spiro atoms. The number of carbonyl (C=O) groups excluding carboxylic acids is 1. The molecule has 21 heavy (non-hydrogen) atoms. The van der Waals surface area contributed by atoms with Crippen LogP contribution in [0.25, 0.3) is 0 Å². The van der Waals surface area contributed by atoms with Gasteiger partial charge in [0.05, 0.1) is 5.25 Å². The summed E-state index contributed by atoms with van der Waals surface area (Å²) in [4.78, 5) is 15.7. The lowest BCUT2D eigenvalue weighted by Gasteiger charge is -2.15. The quantitative estimate of drug-likeness (QED) is 0.621. The fourth-order valence-corrected chi connectivity index (χ4v) is 3.43. The molecule has 1 aliphatic heterocycles. The summed E-state index contributed by atoms with van der Waals surface area (Å²) in [6.07, 6.45) is 3.71. The lowest BCUT2D eigenvalue weighted by molar-refractivity contribution is -0.120. The Hall–Kier alpha value is -1.00. The first kappa shape index (κ1) is 16.4. The van der Waals surface area contributed by atoms with E-state index in [0.29, 0.717) is 0 Å². The normalized spacial score (nSPS) is 16.9. The monoisotopic (exact) mass is 306 g/mol. The van der Waals surface area contributed by atoms with Crippen LogP contribution in [0.5, 0.6) is 0 Å². The van der Waals surface area contributed by atoms with Gasteiger partial charge in [-0.1, -0.05) is 17.7 Å². The predicted octanol–water partition coefficient (Wildman–Crippen LogP) is 3.08. The summed E-state index contributed by atoms with van der Waals surface area (Å²) < 4.78 is 0. The molecule has 1 aromatic carbocycles. The molecular weight excluding hydrogens is 280 g/mol. The minimum atomic E-state index is -0.0421. The van der Waals surface area contributed by atoms with Crippen LogP contribution < -0.4 is 5.32 Å². The first-order valence-corrected chi connectivity index (χ1v) is 8.76. The van der Waals surface area contributed by atoms with Gasteiger partial charge >= 0.3 is 0 Å². The molecule has 4 heteroatoms. The second kappa shape index (κ2) is 8.44. The number of nitrogens with zero attached hydrogens (tertiary/aromatic N) is 1. The number of nitrogens with one attached hydrogen (secondary N) is 1. The molecule has 1 saturated heterocycles. The second-order valence-electron chi connectivity index (χ2n) is 5.77. The smallest absolute Gasteiger partial charge is 0.233 e. The minimum absolute atomic E-state index is 0.0421. The number of amides is 1. The molecule has 2 rings (SSSR count). The summed E-state index contributed by atoms with van der Waals surface area (Å²) in [5.74, 6) is 0.141. The van der Waals surface area contributed by atoms with Gasteiger partial charge in [-0.2, -0.15) is 0 Å². The number of thioether (sulfide) groups is 1. The van der Waals surface area contributed by atoms with Gasteiger partial charge in [0.1, 0.15) is 0 Å². The Bertz CT molecular complexity index is 441. The van der Waals surface area contributed by atoms with Gasteiger partial charge in [0.15, 0.2) is 0 Å². The van der Waals surface area contributed by atoms with Crippen molar-refractivity contribution in [1.29, 1.82) is 0 Å². The molecule has 1 fully saturated rings. The topological polar surface area (TPSA) is 32.3 Å². The van der Waals surface area contributed by atoms with E-state index >= 15 is 0 Å². The predicted molar refractivity (Wildman–Crippen MR) is 89.8 cm³/mol. The number of carbonyl (C=O) groups is 1. The Morgan fingerprint density at radius 1 is 1.29 bits per heavy atom. The van der Waals surface area contributed by atoms with E-state index in [-0.39, 0.29) is 11.2 Å². The number of hydrogen-bond donors (Lipinski definition) is 1. The Morgan fingerprint density at radius 2 is 1.95 bits per heavy atom. The maximum Gasteiger partial charge on any atom is 0.233 e. The van der Waals surface area contributed by atoms with E-state index in [9.17, 15) is 4.79 Å². The highest BCUT2D eigenvalue weighted by Gasteiger charge is 2.14. The number of likely N-dealkylation sites (tertiary alicyclic amines) is 1. The van der Waals surface area contributed by atoms with Crippen molar-refractivity contribution in [1.82, 2.24) is 10.2 Å². The van der Waals surface area contributed by atoms with Gasteiger partial charge in [0.25, 0.3) is 0 Å². The van der Waals surface area contributed by atoms with Crippen molar-refractivity contribution in [3.8, 4) is 0 Å². The number of hydrogen-bond acceptors (Lipinski definition) is 3. The lowest BCUT2D eigenvalue weighted by Crippen LogP contribution is -2.33. The van der Waals surface area contributed by atoms with Gasteiger partial charge in [-0.05, 0) is 64.9 Å². The fraction of sp³-hybridized carbons (Fsp3) is 0.588. The summed E-state index contributed by atoms with van der Waals surface area (Å²) in [7, 11) is 0. The SMILES string of the molecule is Cc1ccc(SC(C)C(=O)NCCCN2CCCC2)cc1. The average molecular weight is 306 g/mol. The molecule has 1 aromatic rings. The summed E-state index contributed by atoms with van der Waals surface area (Å²) in [6, 6.07) is 8.33. The van der Waals surface area contributed by atoms with E-state index < -0.39 is 0 Å². The number of benzene rings is 1. The van der Waals surface area contributed by atoms with Crippen molar-refractivity contribution < 1.29 is 4.79 Å². The molecule has 1 N–H and O–H groups in total. The molecule has 0 aliphatic carbocycles. The zero-order chi connectivity index (χ0) is 15.1. The highest BCUT2D eigenvalue weighted by atomic mass is 32.2. The molecule has 0 radical (unpaired) electrons. The fourth-order valence-electron chi connectivity index (χ4n) is 2.54. The van der Waals surface area contributed by atoms with E-state index in [4.69, 9.17) is 0 Å². The lowest BCUT2D eigenvalue weighted by atomic mass is 10.2. The molecular formula is C17H26N2OS. The van der Waals surface area contributed by atoms with E-state index in [0.717, 1.165) is 24.4 Å². The van der Waals surface area contributed by atoms with Crippen molar-refractivity contribution in [2.75, 3.05) is 26.2 Å². The van der Waals surface area contributed by atoms with Crippen LogP contribution >= 0.6 is 11.8 Å². The van der Waals surface area contributed by atoms with Crippen molar-refractivity contribution >= 4 is 17.7 Å². The molecule has 0 bridgehead atoms. The van der Waals surface area contributed by atoms with Crippen LogP contribution in [-0.4, -0.2) is 42.2 Å². The summed E-state index contributed by atoms with van der Waals surface area (Å²) in [5, 5.41) is 3.01. The molecule has 1 amide bonds. The van der Waals surface area contributed by atoms with E-state index in [1.54, 1.807) is 11.8 Å². The van der Waals surface area contributed by atoms with Crippen molar-refractivity contribution in [3.63, 3.8) is 0 Å². The van der Waals surface area contributed by atoms with Crippen molar-refractivity contribution in [3.05, 3.63) is 29.8 Å². The van der Waals surface area contributed by atoms with Crippen molar-refractivity contribution in [2.45, 2.75) is 43.3 Å². The maximum atomic E-state index is 12.1. The molecule has 116 valence electrons. The van der Waals surface area contributed by atoms with Crippen LogP contribution in [-0.2, 0) is 4.79 Å². The molecule has 1 atom stereocenters. The highest BCUT2D eigenvalue weighted by Crippen LogP contribution is 2.23. The second-order valence-corrected chi connectivity index (χ2v) is 7.18. The summed E-state index contributed by atoms with van der Waals surface area (Å²) in [5.41, 5.74) is 1.25. The Kier molecular flexibility index (Phi) is 6.58. The van der Waals surface area contributed by atoms with Crippen LogP contribution in [0.4, 0.5) is 0 Å². The molecule has 0 aromatic heterocycles. The third kappa shape index (κ3) is 5.71. The molecule has 1 unspecified atom stereocenters. The van der Waals surface area contributed by atoms with Crippen LogP contribution in [0, 0.1) is 6.92 Å². The zero-order valence-electron chi connectivity index (χ0n) is 13.1. The molecule has 0 saturated carbocycles. The standard InChI is InChI=1S/C17H26N2OS/c1-14-6-8-16(9-7-14)21-15(2)17(20)18-10-5-13-19-11-3-4-12-19/h6-9,15H,3-5,10-13H2,1-2H3,(H,18,20). The van der Waals surface area contributed by atoms with E-state index in [1.807, 2.05) is 6.92 Å². The van der Waals surface area contributed by atoms with E-state index in [2.05, 4.69) is 41.4 Å². The van der Waals surface area contributed by atoms with Gasteiger partial charge in [-0.3, -0.25) is 4.79 Å². The summed E-state index contributed by atoms with van der Waals surface area (Å²) >= 11 is 1.62. The first-order chi connectivity index (χ1) is 10.1. The number of rotatable bonds is 7. The number of aryl methyl sites for hydroxylation is 1. The maximum absolute atomic E-state index is 12.1. The van der Waals surface area contributed by atoms with Gasteiger partial charge in [-0.25, -0.2) is 0 Å². The molecule has 1 aliphatic rings. The van der Waals surface area contributed by atoms with Gasteiger partial charge in [-0.15, -0.1) is 11.8 Å². The zero-order valence-corrected chi connectivity index (χ0v) is 13.9. The van der Waals surface area contributed by atoms with Crippen molar-refractivity contribution in [2.24, 2.45) is 0 Å². The third-order valence-corrected chi connectivity index (χ3v) is 4.96.